The van der Waals surface area contributed by atoms with Gasteiger partial charge in [0.25, 0.3) is 0 Å². The Morgan fingerprint density at radius 3 is 1.59 bits per heavy atom. The van der Waals surface area contributed by atoms with Crippen LogP contribution in [-0.4, -0.2) is 124 Å². The van der Waals surface area contributed by atoms with E-state index in [1.165, 1.54) is 13.8 Å². The van der Waals surface area contributed by atoms with E-state index in [9.17, 15) is 48.6 Å². The fourth-order valence-corrected chi connectivity index (χ4v) is 4.35. The number of carbonyl (C=O) groups excluding carboxylic acids is 6. The predicted molar refractivity (Wildman–Crippen MR) is 182 cm³/mol. The summed E-state index contributed by atoms with van der Waals surface area (Å²) in [4.78, 5) is 104. The van der Waals surface area contributed by atoms with E-state index in [0.29, 0.717) is 0 Å². The molecule has 0 radical (unpaired) electrons. The van der Waals surface area contributed by atoms with Crippen LogP contribution in [0.25, 0.3) is 0 Å². The first-order chi connectivity index (χ1) is 23.6. The Bertz CT molecular complexity index is 1270. The Hall–Kier alpha value is -5.05. The maximum Gasteiger partial charge on any atom is 0.326 e. The normalized spacial score (nSPS) is 15.1. The molecule has 0 aliphatic carbocycles. The number of hydrogen-bond donors (Lipinski definition) is 12. The van der Waals surface area contributed by atoms with Crippen molar-refractivity contribution in [2.45, 2.75) is 110 Å². The Balaban J connectivity index is 5.77. The van der Waals surface area contributed by atoms with Crippen molar-refractivity contribution >= 4 is 53.3 Å². The summed E-state index contributed by atoms with van der Waals surface area (Å²) in [6.07, 6.45) is -0.528. The van der Waals surface area contributed by atoms with Crippen molar-refractivity contribution in [1.82, 2.24) is 31.9 Å². The van der Waals surface area contributed by atoms with Gasteiger partial charge in [0, 0.05) is 6.54 Å². The molecule has 21 nitrogen and oxygen atoms in total. The molecule has 0 saturated carbocycles. The summed E-state index contributed by atoms with van der Waals surface area (Å²) >= 11 is 0. The van der Waals surface area contributed by atoms with Crippen LogP contribution in [0.3, 0.4) is 0 Å². The molecule has 0 rings (SSSR count). The highest BCUT2D eigenvalue weighted by atomic mass is 16.4. The van der Waals surface area contributed by atoms with E-state index >= 15 is 0 Å². The number of carbonyl (C=O) groups is 8. The third-order valence-corrected chi connectivity index (χ3v) is 7.20. The number of aliphatic imine (C=N–C) groups is 1. The molecule has 0 aliphatic heterocycles. The van der Waals surface area contributed by atoms with E-state index < -0.39 is 109 Å². The second-order valence-electron chi connectivity index (χ2n) is 12.7. The van der Waals surface area contributed by atoms with E-state index in [0.717, 1.165) is 0 Å². The summed E-state index contributed by atoms with van der Waals surface area (Å²) in [5.41, 5.74) is 16.3. The van der Waals surface area contributed by atoms with Crippen LogP contribution in [0.4, 0.5) is 0 Å². The maximum absolute atomic E-state index is 13.4. The Kier molecular flexibility index (Phi) is 20.4. The molecular weight excluding hydrogens is 676 g/mol. The van der Waals surface area contributed by atoms with Crippen molar-refractivity contribution in [1.29, 1.82) is 0 Å². The average Bonchev–Trinajstić information content (AvgIpc) is 3.01. The number of hydrogen-bond acceptors (Lipinski definition) is 11. The summed E-state index contributed by atoms with van der Waals surface area (Å²) in [5.74, 6) is -8.67. The zero-order chi connectivity index (χ0) is 39.6. The van der Waals surface area contributed by atoms with Crippen LogP contribution < -0.4 is 49.1 Å². The lowest BCUT2D eigenvalue weighted by atomic mass is 10.0. The number of aliphatic hydroxyl groups is 1. The third kappa shape index (κ3) is 18.0. The fourth-order valence-electron chi connectivity index (χ4n) is 4.35. The zero-order valence-electron chi connectivity index (χ0n) is 29.7. The lowest BCUT2D eigenvalue weighted by molar-refractivity contribution is -0.143. The molecule has 0 fully saturated rings. The minimum atomic E-state index is -1.62. The molecule has 21 heteroatoms. The molecule has 290 valence electrons. The van der Waals surface area contributed by atoms with Gasteiger partial charge in [-0.05, 0) is 44.9 Å². The first-order valence-corrected chi connectivity index (χ1v) is 16.3. The van der Waals surface area contributed by atoms with Gasteiger partial charge in [-0.3, -0.25) is 38.6 Å². The fraction of sp³-hybridized carbons (Fsp3) is 0.700. The average molecular weight is 731 g/mol. The van der Waals surface area contributed by atoms with Crippen LogP contribution in [0.1, 0.15) is 67.2 Å². The second kappa shape index (κ2) is 22.6. The smallest absolute Gasteiger partial charge is 0.326 e. The number of nitrogens with two attached hydrogens (primary N) is 3. The van der Waals surface area contributed by atoms with Gasteiger partial charge in [0.1, 0.15) is 36.3 Å². The molecule has 6 amide bonds. The number of carboxylic acid groups (broad SMARTS) is 2. The predicted octanol–water partition coefficient (Wildman–Crippen LogP) is -4.43. The summed E-state index contributed by atoms with van der Waals surface area (Å²) in [6.45, 7) is 8.38. The standard InChI is InChI=1S/C30H54N10O11/c1-13(2)10-19(38-25(46)17(31)11-21(42)43)27(48)37-18(8-7-9-34-30(32)33)26(47)39-20(12-41)28(49)36-15(5)23(44)35-16(6)24(45)40-22(14(3)4)29(50)51/h13-20,22,41H,7-12,31H2,1-6H3,(H,35,44)(H,36,49)(H,37,48)(H,38,46)(H,39,47)(H,40,45)(H,42,43)(H,50,51)(H4,32,33,34)/t15-,16-,17-,18-,19-,20-,22-/m0/s1. The molecule has 0 spiro atoms. The van der Waals surface area contributed by atoms with Gasteiger partial charge >= 0.3 is 11.9 Å². The van der Waals surface area contributed by atoms with Gasteiger partial charge in [-0.1, -0.05) is 27.7 Å². The highest BCUT2D eigenvalue weighted by Crippen LogP contribution is 2.08. The number of aliphatic hydroxyl groups excluding tert-OH is 1. The van der Waals surface area contributed by atoms with Gasteiger partial charge in [-0.25, -0.2) is 4.79 Å². The van der Waals surface area contributed by atoms with Crippen molar-refractivity contribution in [3.8, 4) is 0 Å². The molecule has 51 heavy (non-hydrogen) atoms. The molecule has 7 atom stereocenters. The zero-order valence-corrected chi connectivity index (χ0v) is 29.7. The van der Waals surface area contributed by atoms with Gasteiger partial charge < -0.3 is 64.4 Å². The summed E-state index contributed by atoms with van der Waals surface area (Å²) in [5, 5.41) is 42.3. The van der Waals surface area contributed by atoms with Crippen molar-refractivity contribution < 1.29 is 53.7 Å². The van der Waals surface area contributed by atoms with E-state index in [-0.39, 0.29) is 37.7 Å². The molecule has 0 saturated heterocycles. The van der Waals surface area contributed by atoms with Gasteiger partial charge in [-0.2, -0.15) is 0 Å². The first kappa shape index (κ1) is 45.9. The van der Waals surface area contributed by atoms with Crippen LogP contribution in [0.15, 0.2) is 4.99 Å². The van der Waals surface area contributed by atoms with Crippen LogP contribution in [-0.2, 0) is 38.4 Å². The number of nitrogens with zero attached hydrogens (tertiary/aromatic N) is 1. The largest absolute Gasteiger partial charge is 0.481 e. The number of aliphatic carboxylic acids is 2. The number of rotatable bonds is 23. The number of carboxylic acids is 2. The lowest BCUT2D eigenvalue weighted by Crippen LogP contribution is -2.60. The maximum atomic E-state index is 13.4. The molecule has 0 aromatic heterocycles. The molecular formula is C30H54N10O11. The number of nitrogens with one attached hydrogen (secondary N) is 6. The van der Waals surface area contributed by atoms with Crippen LogP contribution in [0.2, 0.25) is 0 Å². The van der Waals surface area contributed by atoms with Gasteiger partial charge in [0.2, 0.25) is 35.4 Å². The van der Waals surface area contributed by atoms with Crippen molar-refractivity contribution in [3.05, 3.63) is 0 Å². The molecule has 0 aromatic carbocycles. The van der Waals surface area contributed by atoms with E-state index in [1.54, 1.807) is 27.7 Å². The summed E-state index contributed by atoms with van der Waals surface area (Å²) in [7, 11) is 0. The Morgan fingerprint density at radius 2 is 1.12 bits per heavy atom. The molecule has 0 bridgehead atoms. The van der Waals surface area contributed by atoms with Crippen LogP contribution >= 0.6 is 0 Å². The first-order valence-electron chi connectivity index (χ1n) is 16.3. The molecule has 15 N–H and O–H groups in total. The number of guanidine groups is 1. The van der Waals surface area contributed by atoms with E-state index in [4.69, 9.17) is 22.3 Å². The quantitative estimate of drug-likeness (QED) is 0.0268. The molecule has 0 aliphatic rings. The van der Waals surface area contributed by atoms with Gasteiger partial charge in [-0.15, -0.1) is 0 Å². The van der Waals surface area contributed by atoms with Crippen molar-refractivity contribution in [3.63, 3.8) is 0 Å². The van der Waals surface area contributed by atoms with Gasteiger partial charge in [0.15, 0.2) is 5.96 Å². The van der Waals surface area contributed by atoms with E-state index in [2.05, 4.69) is 36.9 Å². The topological polar surface area (TPSA) is 360 Å². The van der Waals surface area contributed by atoms with Crippen LogP contribution in [0, 0.1) is 11.8 Å². The molecule has 0 heterocycles. The van der Waals surface area contributed by atoms with Gasteiger partial charge in [0.05, 0.1) is 19.1 Å². The van der Waals surface area contributed by atoms with Crippen LogP contribution in [0.5, 0.6) is 0 Å². The minimum Gasteiger partial charge on any atom is -0.481 e. The lowest BCUT2D eigenvalue weighted by Gasteiger charge is -2.26. The number of amides is 6. The molecule has 0 unspecified atom stereocenters. The minimum absolute atomic E-state index is 0.0552. The van der Waals surface area contributed by atoms with E-state index in [1.807, 2.05) is 0 Å². The summed E-state index contributed by atoms with van der Waals surface area (Å²) < 4.78 is 0. The highest BCUT2D eigenvalue weighted by molar-refractivity contribution is 5.97. The molecule has 0 aromatic rings. The monoisotopic (exact) mass is 730 g/mol. The van der Waals surface area contributed by atoms with Crippen molar-refractivity contribution in [2.24, 2.45) is 34.0 Å². The Morgan fingerprint density at radius 1 is 0.647 bits per heavy atom. The second-order valence-corrected chi connectivity index (χ2v) is 12.7. The third-order valence-electron chi connectivity index (χ3n) is 7.20. The Labute approximate surface area is 295 Å². The summed E-state index contributed by atoms with van der Waals surface area (Å²) in [6, 6.07) is -9.34. The SMILES string of the molecule is CC(C)C[C@H](NC(=O)[C@@H](N)CC(=O)O)C(=O)N[C@@H](CCCN=C(N)N)C(=O)N[C@@H](CO)C(=O)N[C@@H](C)C(=O)N[C@@H](C)C(=O)N[C@H](C(=O)O)C(C)C. The highest BCUT2D eigenvalue weighted by Gasteiger charge is 2.32. The van der Waals surface area contributed by atoms with Crippen molar-refractivity contribution in [2.75, 3.05) is 13.2 Å².